The van der Waals surface area contributed by atoms with Crippen LogP contribution >= 0.6 is 0 Å². The summed E-state index contributed by atoms with van der Waals surface area (Å²) < 4.78 is 8.76. The van der Waals surface area contributed by atoms with Crippen molar-refractivity contribution in [2.45, 2.75) is 0 Å². The summed E-state index contributed by atoms with van der Waals surface area (Å²) >= 11 is 0. The van der Waals surface area contributed by atoms with Gasteiger partial charge in [-0.05, 0) is 65.7 Å². The number of fused-ring (bicyclic) bond motifs is 6. The predicted molar refractivity (Wildman–Crippen MR) is 214 cm³/mol. The smallest absolute Gasteiger partial charge is 0.136 e. The molecule has 10 aromatic rings. The summed E-state index contributed by atoms with van der Waals surface area (Å²) in [5.74, 6) is 0. The molecule has 0 amide bonds. The molecule has 8 aromatic carbocycles. The molecule has 0 radical (unpaired) electrons. The fourth-order valence-electron chi connectivity index (χ4n) is 7.81. The molecule has 0 aliphatic rings. The summed E-state index contributed by atoms with van der Waals surface area (Å²) in [6.45, 7) is 0. The second kappa shape index (κ2) is 11.9. The molecule has 3 nitrogen and oxygen atoms in total. The van der Waals surface area contributed by atoms with Crippen molar-refractivity contribution >= 4 is 60.8 Å². The van der Waals surface area contributed by atoms with Gasteiger partial charge >= 0.3 is 0 Å². The minimum Gasteiger partial charge on any atom is -0.456 e. The van der Waals surface area contributed by atoms with E-state index in [0.717, 1.165) is 66.9 Å². The van der Waals surface area contributed by atoms with Crippen molar-refractivity contribution in [3.63, 3.8) is 0 Å². The van der Waals surface area contributed by atoms with Crippen LogP contribution in [0.15, 0.2) is 199 Å². The Bertz CT molecular complexity index is 2830. The molecular formula is C48H32N2O. The third-order valence-electron chi connectivity index (χ3n) is 9.99. The molecule has 0 saturated heterocycles. The third kappa shape index (κ3) is 4.74. The van der Waals surface area contributed by atoms with Gasteiger partial charge < -0.3 is 13.9 Å². The Balaban J connectivity index is 1.26. The molecule has 0 fully saturated rings. The van der Waals surface area contributed by atoms with E-state index in [4.69, 9.17) is 4.42 Å². The molecule has 0 N–H and O–H groups in total. The normalized spacial score (nSPS) is 11.5. The average molecular weight is 653 g/mol. The fourth-order valence-corrected chi connectivity index (χ4v) is 7.81. The van der Waals surface area contributed by atoms with E-state index in [1.54, 1.807) is 0 Å². The second-order valence-electron chi connectivity index (χ2n) is 12.9. The molecule has 0 atom stereocenters. The van der Waals surface area contributed by atoms with Gasteiger partial charge in [0.2, 0.25) is 0 Å². The van der Waals surface area contributed by atoms with Crippen molar-refractivity contribution < 1.29 is 4.42 Å². The summed E-state index contributed by atoms with van der Waals surface area (Å²) in [5.41, 5.74) is 13.1. The molecule has 2 heterocycles. The van der Waals surface area contributed by atoms with Crippen molar-refractivity contribution in [3.8, 4) is 27.9 Å². The first-order chi connectivity index (χ1) is 25.3. The Hall–Kier alpha value is -6.84. The van der Waals surface area contributed by atoms with E-state index < -0.39 is 0 Å². The van der Waals surface area contributed by atoms with Gasteiger partial charge in [-0.1, -0.05) is 140 Å². The number of aromatic nitrogens is 1. The highest BCUT2D eigenvalue weighted by atomic mass is 16.3. The highest BCUT2D eigenvalue weighted by Gasteiger charge is 2.23. The molecule has 0 bridgehead atoms. The van der Waals surface area contributed by atoms with Crippen LogP contribution in [-0.2, 0) is 0 Å². The molecule has 3 heteroatoms. The van der Waals surface area contributed by atoms with Gasteiger partial charge in [-0.25, -0.2) is 0 Å². The molecule has 0 unspecified atom stereocenters. The predicted octanol–water partition coefficient (Wildman–Crippen LogP) is 13.5. The van der Waals surface area contributed by atoms with Crippen LogP contribution in [0.25, 0.3) is 71.7 Å². The maximum absolute atomic E-state index is 6.37. The molecule has 240 valence electrons. The zero-order valence-corrected chi connectivity index (χ0v) is 27.8. The highest BCUT2D eigenvalue weighted by Crippen LogP contribution is 2.47. The quantitative estimate of drug-likeness (QED) is 0.178. The second-order valence-corrected chi connectivity index (χ2v) is 12.9. The first-order valence-electron chi connectivity index (χ1n) is 17.4. The van der Waals surface area contributed by atoms with Gasteiger partial charge in [-0.15, -0.1) is 0 Å². The number of furan rings is 1. The number of hydrogen-bond acceptors (Lipinski definition) is 2. The number of para-hydroxylation sites is 5. The largest absolute Gasteiger partial charge is 0.456 e. The topological polar surface area (TPSA) is 21.3 Å². The maximum atomic E-state index is 6.37. The van der Waals surface area contributed by atoms with E-state index >= 15 is 0 Å². The Morgan fingerprint density at radius 3 is 1.71 bits per heavy atom. The Labute approximate surface area is 295 Å². The van der Waals surface area contributed by atoms with E-state index in [2.05, 4.69) is 191 Å². The van der Waals surface area contributed by atoms with Crippen molar-refractivity contribution in [1.82, 2.24) is 4.57 Å². The summed E-state index contributed by atoms with van der Waals surface area (Å²) in [4.78, 5) is 2.43. The number of anilines is 3. The van der Waals surface area contributed by atoms with Crippen molar-refractivity contribution in [2.24, 2.45) is 0 Å². The van der Waals surface area contributed by atoms with Crippen LogP contribution in [0.5, 0.6) is 0 Å². The molecule has 0 saturated carbocycles. The number of nitrogens with zero attached hydrogens (tertiary/aromatic N) is 2. The van der Waals surface area contributed by atoms with Gasteiger partial charge in [0.15, 0.2) is 0 Å². The van der Waals surface area contributed by atoms with Crippen LogP contribution in [0.2, 0.25) is 0 Å². The van der Waals surface area contributed by atoms with E-state index in [1.165, 1.54) is 21.8 Å². The van der Waals surface area contributed by atoms with Crippen molar-refractivity contribution in [3.05, 3.63) is 194 Å². The van der Waals surface area contributed by atoms with Crippen LogP contribution in [-0.4, -0.2) is 4.57 Å². The number of benzene rings is 8. The molecule has 51 heavy (non-hydrogen) atoms. The van der Waals surface area contributed by atoms with Gasteiger partial charge in [0.25, 0.3) is 0 Å². The van der Waals surface area contributed by atoms with Crippen molar-refractivity contribution in [1.29, 1.82) is 0 Å². The summed E-state index contributed by atoms with van der Waals surface area (Å²) in [7, 11) is 0. The minimum absolute atomic E-state index is 0.883. The highest BCUT2D eigenvalue weighted by molar-refractivity contribution is 6.14. The first-order valence-corrected chi connectivity index (χ1v) is 17.4. The monoisotopic (exact) mass is 652 g/mol. The third-order valence-corrected chi connectivity index (χ3v) is 9.99. The molecule has 0 aliphatic heterocycles. The van der Waals surface area contributed by atoms with E-state index in [9.17, 15) is 0 Å². The zero-order valence-electron chi connectivity index (χ0n) is 27.8. The van der Waals surface area contributed by atoms with Crippen LogP contribution < -0.4 is 4.90 Å². The van der Waals surface area contributed by atoms with Gasteiger partial charge in [0, 0.05) is 44.0 Å². The number of hydrogen-bond donors (Lipinski definition) is 0. The Kier molecular flexibility index (Phi) is 6.81. The molecule has 0 aliphatic carbocycles. The summed E-state index contributed by atoms with van der Waals surface area (Å²) in [6.07, 6.45) is 0. The molecule has 2 aromatic heterocycles. The molecule has 10 rings (SSSR count). The fraction of sp³-hybridized carbons (Fsp3) is 0. The van der Waals surface area contributed by atoms with Crippen LogP contribution in [0, 0.1) is 0 Å². The lowest BCUT2D eigenvalue weighted by Crippen LogP contribution is -2.13. The average Bonchev–Trinajstić information content (AvgIpc) is 3.75. The van der Waals surface area contributed by atoms with E-state index in [-0.39, 0.29) is 0 Å². The Morgan fingerprint density at radius 1 is 0.392 bits per heavy atom. The Morgan fingerprint density at radius 2 is 0.941 bits per heavy atom. The lowest BCUT2D eigenvalue weighted by atomic mass is 9.96. The minimum atomic E-state index is 0.883. The lowest BCUT2D eigenvalue weighted by Gasteiger charge is -2.30. The van der Waals surface area contributed by atoms with Crippen LogP contribution in [0.4, 0.5) is 17.1 Å². The van der Waals surface area contributed by atoms with E-state index in [0.29, 0.717) is 0 Å². The van der Waals surface area contributed by atoms with Gasteiger partial charge in [-0.2, -0.15) is 0 Å². The lowest BCUT2D eigenvalue weighted by molar-refractivity contribution is 0.669. The van der Waals surface area contributed by atoms with Gasteiger partial charge in [-0.3, -0.25) is 0 Å². The summed E-state index contributed by atoms with van der Waals surface area (Å²) in [6, 6.07) is 69.2. The SMILES string of the molecule is c1ccc(-c2ccccc2N(c2cccc(-n3c4ccccc4c4ccccc43)c2)c2ccccc2-c2cccc3oc4ccccc4c23)cc1. The van der Waals surface area contributed by atoms with Gasteiger partial charge in [0.05, 0.1) is 22.4 Å². The zero-order chi connectivity index (χ0) is 33.7. The van der Waals surface area contributed by atoms with Crippen LogP contribution in [0.1, 0.15) is 0 Å². The molecule has 0 spiro atoms. The van der Waals surface area contributed by atoms with Gasteiger partial charge in [0.1, 0.15) is 11.2 Å². The molecular weight excluding hydrogens is 621 g/mol. The summed E-state index contributed by atoms with van der Waals surface area (Å²) in [5, 5.41) is 4.73. The van der Waals surface area contributed by atoms with Crippen LogP contribution in [0.3, 0.4) is 0 Å². The van der Waals surface area contributed by atoms with Crippen molar-refractivity contribution in [2.75, 3.05) is 4.90 Å². The first kappa shape index (κ1) is 29.1. The number of rotatable bonds is 6. The standard InChI is InChI=1S/C48H32N2O/c1-2-16-33(17-3-1)36-20-4-9-26-42(36)49(34-18-14-19-35(32-34)50-43-27-10-5-21-37(43)38-22-6-11-28-44(38)50)45-29-12-7-23-39(45)40-25-15-31-47-48(40)41-24-8-13-30-46(41)51-47/h1-32H. The van der Waals surface area contributed by atoms with E-state index in [1.807, 2.05) is 12.1 Å². The maximum Gasteiger partial charge on any atom is 0.136 e.